The molecule has 1 aliphatic carbocycles. The van der Waals surface area contributed by atoms with Gasteiger partial charge in [0.1, 0.15) is 0 Å². The van der Waals surface area contributed by atoms with Crippen LogP contribution < -0.4 is 5.32 Å². The monoisotopic (exact) mass is 197 g/mol. The Bertz CT molecular complexity index is 197. The maximum atomic E-state index is 5.68. The Hall–Kier alpha value is -0.340. The van der Waals surface area contributed by atoms with Crippen LogP contribution in [0.25, 0.3) is 0 Å². The lowest BCUT2D eigenvalue weighted by Crippen LogP contribution is -2.55. The molecule has 1 aliphatic rings. The molecule has 2 nitrogen and oxygen atoms in total. The first-order chi connectivity index (χ1) is 6.64. The molecule has 0 heterocycles. The molecule has 1 saturated carbocycles. The molecule has 0 aromatic rings. The smallest absolute Gasteiger partial charge is 0.0866 e. The van der Waals surface area contributed by atoms with Gasteiger partial charge >= 0.3 is 0 Å². The Balaban J connectivity index is 2.70. The first-order valence-electron chi connectivity index (χ1n) is 5.58. The highest BCUT2D eigenvalue weighted by atomic mass is 16.5. The van der Waals surface area contributed by atoms with E-state index in [2.05, 4.69) is 32.2 Å². The molecule has 14 heavy (non-hydrogen) atoms. The van der Waals surface area contributed by atoms with Gasteiger partial charge in [-0.1, -0.05) is 18.6 Å². The maximum absolute atomic E-state index is 5.68. The molecule has 0 spiro atoms. The summed E-state index contributed by atoms with van der Waals surface area (Å²) in [6.07, 6.45) is 5.97. The van der Waals surface area contributed by atoms with E-state index in [0.29, 0.717) is 6.04 Å². The van der Waals surface area contributed by atoms with E-state index in [1.807, 2.05) is 7.11 Å². The van der Waals surface area contributed by atoms with Crippen molar-refractivity contribution >= 4 is 0 Å². The van der Waals surface area contributed by atoms with E-state index in [1.165, 1.54) is 24.8 Å². The van der Waals surface area contributed by atoms with E-state index in [4.69, 9.17) is 4.74 Å². The van der Waals surface area contributed by atoms with Crippen LogP contribution in [0.2, 0.25) is 0 Å². The lowest BCUT2D eigenvalue weighted by molar-refractivity contribution is -0.0872. The van der Waals surface area contributed by atoms with Crippen LogP contribution in [-0.4, -0.2) is 25.3 Å². The van der Waals surface area contributed by atoms with Gasteiger partial charge in [-0.05, 0) is 39.7 Å². The van der Waals surface area contributed by atoms with Gasteiger partial charge in [-0.15, -0.1) is 0 Å². The van der Waals surface area contributed by atoms with Crippen LogP contribution in [0, 0.1) is 0 Å². The van der Waals surface area contributed by atoms with Crippen molar-refractivity contribution in [1.82, 2.24) is 5.32 Å². The van der Waals surface area contributed by atoms with Crippen LogP contribution in [-0.2, 0) is 4.74 Å². The molecule has 1 unspecified atom stereocenters. The fourth-order valence-corrected chi connectivity index (χ4v) is 2.12. The fourth-order valence-electron chi connectivity index (χ4n) is 2.12. The maximum Gasteiger partial charge on any atom is 0.0866 e. The van der Waals surface area contributed by atoms with Gasteiger partial charge in [0.15, 0.2) is 0 Å². The number of methoxy groups -OCH3 is 1. The number of ether oxygens (including phenoxy) is 1. The van der Waals surface area contributed by atoms with Gasteiger partial charge in [0.2, 0.25) is 0 Å². The van der Waals surface area contributed by atoms with Crippen molar-refractivity contribution in [2.45, 2.75) is 51.7 Å². The van der Waals surface area contributed by atoms with Gasteiger partial charge in [-0.25, -0.2) is 0 Å². The molecule has 0 aromatic heterocycles. The van der Waals surface area contributed by atoms with E-state index in [-0.39, 0.29) is 5.60 Å². The summed E-state index contributed by atoms with van der Waals surface area (Å²) in [5.74, 6) is 0. The molecule has 1 rings (SSSR count). The fraction of sp³-hybridized carbons (Fsp3) is 0.833. The quantitative estimate of drug-likeness (QED) is 0.684. The predicted molar refractivity (Wildman–Crippen MR) is 60.5 cm³/mol. The molecular formula is C12H23NO. The number of nitrogens with one attached hydrogen (secondary N) is 1. The second-order valence-corrected chi connectivity index (χ2v) is 4.40. The topological polar surface area (TPSA) is 21.3 Å². The summed E-state index contributed by atoms with van der Waals surface area (Å²) in [6.45, 7) is 7.44. The Labute approximate surface area is 87.7 Å². The third-order valence-corrected chi connectivity index (χ3v) is 3.10. The first-order valence-corrected chi connectivity index (χ1v) is 5.58. The highest BCUT2D eigenvalue weighted by Crippen LogP contribution is 2.38. The number of allylic oxidation sites excluding steroid dienone is 1. The minimum absolute atomic E-state index is 0.0767. The molecule has 0 saturated heterocycles. The van der Waals surface area contributed by atoms with Crippen molar-refractivity contribution < 1.29 is 4.74 Å². The Kier molecular flexibility index (Phi) is 4.14. The molecule has 1 atom stereocenters. The van der Waals surface area contributed by atoms with Gasteiger partial charge in [-0.3, -0.25) is 0 Å². The zero-order valence-electron chi connectivity index (χ0n) is 9.89. The number of rotatable bonds is 5. The standard InChI is InChI=1S/C12H23NO/c1-5-13-11(9-10(2)3)12(14-4)7-6-8-12/h9,11,13H,5-8H2,1-4H3. The Morgan fingerprint density at radius 2 is 2.14 bits per heavy atom. The number of likely N-dealkylation sites (N-methyl/N-ethyl adjacent to an activating group) is 1. The van der Waals surface area contributed by atoms with E-state index < -0.39 is 0 Å². The molecule has 2 heteroatoms. The largest absolute Gasteiger partial charge is 0.376 e. The SMILES string of the molecule is CCNC(C=C(C)C)C1(OC)CCC1. The van der Waals surface area contributed by atoms with Gasteiger partial charge < -0.3 is 10.1 Å². The summed E-state index contributed by atoms with van der Waals surface area (Å²) < 4.78 is 5.68. The molecule has 0 radical (unpaired) electrons. The predicted octanol–water partition coefficient (Wildman–Crippen LogP) is 2.50. The minimum atomic E-state index is 0.0767. The van der Waals surface area contributed by atoms with Crippen molar-refractivity contribution in [3.63, 3.8) is 0 Å². The molecule has 0 amide bonds. The Morgan fingerprint density at radius 1 is 1.50 bits per heavy atom. The van der Waals surface area contributed by atoms with E-state index in [1.54, 1.807) is 0 Å². The molecule has 82 valence electrons. The summed E-state index contributed by atoms with van der Waals surface area (Å²) in [6, 6.07) is 0.385. The lowest BCUT2D eigenvalue weighted by Gasteiger charge is -2.46. The van der Waals surface area contributed by atoms with Gasteiger partial charge in [0.25, 0.3) is 0 Å². The van der Waals surface area contributed by atoms with Crippen molar-refractivity contribution in [3.8, 4) is 0 Å². The van der Waals surface area contributed by atoms with E-state index in [9.17, 15) is 0 Å². The van der Waals surface area contributed by atoms with Crippen LogP contribution in [0.4, 0.5) is 0 Å². The van der Waals surface area contributed by atoms with Crippen molar-refractivity contribution in [3.05, 3.63) is 11.6 Å². The minimum Gasteiger partial charge on any atom is -0.376 e. The van der Waals surface area contributed by atoms with E-state index in [0.717, 1.165) is 6.54 Å². The van der Waals surface area contributed by atoms with Crippen LogP contribution in [0.1, 0.15) is 40.0 Å². The lowest BCUT2D eigenvalue weighted by atomic mass is 9.74. The van der Waals surface area contributed by atoms with Crippen LogP contribution >= 0.6 is 0 Å². The summed E-state index contributed by atoms with van der Waals surface area (Å²) in [4.78, 5) is 0. The molecule has 1 N–H and O–H groups in total. The van der Waals surface area contributed by atoms with Crippen LogP contribution in [0.15, 0.2) is 11.6 Å². The van der Waals surface area contributed by atoms with Gasteiger partial charge in [-0.2, -0.15) is 0 Å². The van der Waals surface area contributed by atoms with E-state index >= 15 is 0 Å². The summed E-state index contributed by atoms with van der Waals surface area (Å²) in [5, 5.41) is 3.51. The Morgan fingerprint density at radius 3 is 2.43 bits per heavy atom. The van der Waals surface area contributed by atoms with Crippen molar-refractivity contribution in [2.24, 2.45) is 0 Å². The zero-order chi connectivity index (χ0) is 10.6. The third kappa shape index (κ3) is 2.37. The first kappa shape index (κ1) is 11.7. The number of hydrogen-bond acceptors (Lipinski definition) is 2. The van der Waals surface area contributed by atoms with Gasteiger partial charge in [0.05, 0.1) is 11.6 Å². The number of hydrogen-bond donors (Lipinski definition) is 1. The highest BCUT2D eigenvalue weighted by Gasteiger charge is 2.42. The normalized spacial score (nSPS) is 21.1. The highest BCUT2D eigenvalue weighted by molar-refractivity contribution is 5.12. The second-order valence-electron chi connectivity index (χ2n) is 4.40. The molecule has 0 aliphatic heterocycles. The summed E-state index contributed by atoms with van der Waals surface area (Å²) in [5.41, 5.74) is 1.44. The summed E-state index contributed by atoms with van der Waals surface area (Å²) in [7, 11) is 1.84. The molecule has 1 fully saturated rings. The average molecular weight is 197 g/mol. The average Bonchev–Trinajstić information content (AvgIpc) is 2.02. The van der Waals surface area contributed by atoms with Crippen molar-refractivity contribution in [2.75, 3.05) is 13.7 Å². The van der Waals surface area contributed by atoms with Gasteiger partial charge in [0, 0.05) is 7.11 Å². The summed E-state index contributed by atoms with van der Waals surface area (Å²) >= 11 is 0. The second kappa shape index (κ2) is 4.94. The molecule has 0 aromatic carbocycles. The van der Waals surface area contributed by atoms with Crippen LogP contribution in [0.5, 0.6) is 0 Å². The molecular weight excluding hydrogens is 174 g/mol. The third-order valence-electron chi connectivity index (χ3n) is 3.10. The van der Waals surface area contributed by atoms with Crippen molar-refractivity contribution in [1.29, 1.82) is 0 Å². The zero-order valence-corrected chi connectivity index (χ0v) is 9.89. The van der Waals surface area contributed by atoms with Crippen LogP contribution in [0.3, 0.4) is 0 Å². The molecule has 0 bridgehead atoms.